The molecule has 0 saturated heterocycles. The van der Waals surface area contributed by atoms with Gasteiger partial charge in [0.25, 0.3) is 0 Å². The molecule has 0 atom stereocenters. The van der Waals surface area contributed by atoms with E-state index >= 15 is 0 Å². The molecule has 0 unspecified atom stereocenters. The molecule has 0 amide bonds. The molecule has 0 heterocycles. The van der Waals surface area contributed by atoms with Crippen molar-refractivity contribution >= 4 is 0 Å². The molecular weight excluding hydrogens is 200 g/mol. The van der Waals surface area contributed by atoms with Crippen LogP contribution in [-0.2, 0) is 11.2 Å². The second-order valence-electron chi connectivity index (χ2n) is 4.11. The molecule has 0 spiro atoms. The van der Waals surface area contributed by atoms with E-state index in [-0.39, 0.29) is 6.10 Å². The van der Waals surface area contributed by atoms with Crippen LogP contribution in [0.5, 0.6) is 5.75 Å². The van der Waals surface area contributed by atoms with Gasteiger partial charge in [0, 0.05) is 13.2 Å². The van der Waals surface area contributed by atoms with Gasteiger partial charge < -0.3 is 9.47 Å². The predicted octanol–water partition coefficient (Wildman–Crippen LogP) is 3.44. The molecule has 0 aliphatic heterocycles. The van der Waals surface area contributed by atoms with Crippen molar-refractivity contribution in [1.82, 2.24) is 0 Å². The van der Waals surface area contributed by atoms with Crippen LogP contribution in [0, 0.1) is 0 Å². The molecule has 0 bridgehead atoms. The molecule has 0 saturated carbocycles. The van der Waals surface area contributed by atoms with E-state index in [4.69, 9.17) is 9.47 Å². The number of hydrogen-bond acceptors (Lipinski definition) is 2. The van der Waals surface area contributed by atoms with Crippen molar-refractivity contribution in [3.05, 3.63) is 29.8 Å². The smallest absolute Gasteiger partial charge is 0.119 e. The Hall–Kier alpha value is -1.02. The van der Waals surface area contributed by atoms with Crippen LogP contribution < -0.4 is 4.74 Å². The van der Waals surface area contributed by atoms with E-state index in [0.29, 0.717) is 0 Å². The van der Waals surface area contributed by atoms with Crippen LogP contribution in [-0.4, -0.2) is 19.3 Å². The molecule has 2 heteroatoms. The number of ether oxygens (including phenoxy) is 2. The highest BCUT2D eigenvalue weighted by Gasteiger charge is 1.98. The molecular formula is C14H22O2. The summed E-state index contributed by atoms with van der Waals surface area (Å²) in [6, 6.07) is 8.33. The number of aryl methyl sites for hydroxylation is 1. The third-order valence-electron chi connectivity index (χ3n) is 2.25. The molecule has 90 valence electrons. The van der Waals surface area contributed by atoms with Gasteiger partial charge in [-0.1, -0.05) is 12.1 Å². The lowest BCUT2D eigenvalue weighted by Crippen LogP contribution is -2.05. The van der Waals surface area contributed by atoms with E-state index in [1.54, 1.807) is 0 Å². The second-order valence-corrected chi connectivity index (χ2v) is 4.11. The molecule has 1 rings (SSSR count). The summed E-state index contributed by atoms with van der Waals surface area (Å²) in [6.45, 7) is 7.76. The minimum absolute atomic E-state index is 0.240. The maximum Gasteiger partial charge on any atom is 0.119 e. The van der Waals surface area contributed by atoms with Crippen molar-refractivity contribution in [2.45, 2.75) is 39.7 Å². The van der Waals surface area contributed by atoms with Crippen molar-refractivity contribution in [2.75, 3.05) is 13.2 Å². The molecule has 1 aromatic rings. The third-order valence-corrected chi connectivity index (χ3v) is 2.25. The predicted molar refractivity (Wildman–Crippen MR) is 67.0 cm³/mol. The first-order valence-electron chi connectivity index (χ1n) is 6.05. The van der Waals surface area contributed by atoms with Crippen LogP contribution in [0.25, 0.3) is 0 Å². The number of rotatable bonds is 7. The molecule has 0 aromatic heterocycles. The Morgan fingerprint density at radius 1 is 1.12 bits per heavy atom. The van der Waals surface area contributed by atoms with Gasteiger partial charge >= 0.3 is 0 Å². The summed E-state index contributed by atoms with van der Waals surface area (Å²) in [5.41, 5.74) is 1.34. The van der Waals surface area contributed by atoms with Crippen LogP contribution in [0.2, 0.25) is 0 Å². The minimum Gasteiger partial charge on any atom is -0.491 e. The van der Waals surface area contributed by atoms with Crippen molar-refractivity contribution in [3.63, 3.8) is 0 Å². The summed E-state index contributed by atoms with van der Waals surface area (Å²) in [7, 11) is 0. The zero-order valence-corrected chi connectivity index (χ0v) is 10.5. The van der Waals surface area contributed by atoms with Crippen molar-refractivity contribution in [3.8, 4) is 5.75 Å². The Morgan fingerprint density at radius 2 is 1.81 bits per heavy atom. The van der Waals surface area contributed by atoms with Crippen LogP contribution in [0.3, 0.4) is 0 Å². The summed E-state index contributed by atoms with van der Waals surface area (Å²) in [5.74, 6) is 0.948. The summed E-state index contributed by atoms with van der Waals surface area (Å²) >= 11 is 0. The van der Waals surface area contributed by atoms with Gasteiger partial charge in [0.1, 0.15) is 5.75 Å². The molecule has 0 aliphatic rings. The van der Waals surface area contributed by atoms with Crippen molar-refractivity contribution in [2.24, 2.45) is 0 Å². The van der Waals surface area contributed by atoms with E-state index in [2.05, 4.69) is 12.1 Å². The molecule has 0 aliphatic carbocycles. The topological polar surface area (TPSA) is 18.5 Å². The zero-order valence-electron chi connectivity index (χ0n) is 10.5. The lowest BCUT2D eigenvalue weighted by Gasteiger charge is -2.10. The highest BCUT2D eigenvalue weighted by Crippen LogP contribution is 2.14. The Labute approximate surface area is 98.6 Å². The van der Waals surface area contributed by atoms with Gasteiger partial charge in [-0.2, -0.15) is 0 Å². The molecule has 2 nitrogen and oxygen atoms in total. The first-order valence-corrected chi connectivity index (χ1v) is 6.05. The maximum absolute atomic E-state index is 5.59. The molecule has 0 radical (unpaired) electrons. The van der Waals surface area contributed by atoms with Gasteiger partial charge in [-0.25, -0.2) is 0 Å². The van der Waals surface area contributed by atoms with E-state index in [0.717, 1.165) is 31.8 Å². The lowest BCUT2D eigenvalue weighted by molar-refractivity contribution is 0.145. The van der Waals surface area contributed by atoms with Crippen molar-refractivity contribution in [1.29, 1.82) is 0 Å². The average molecular weight is 222 g/mol. The fourth-order valence-electron chi connectivity index (χ4n) is 1.53. The fraction of sp³-hybridized carbons (Fsp3) is 0.571. The summed E-state index contributed by atoms with van der Waals surface area (Å²) in [6.07, 6.45) is 2.39. The molecule has 16 heavy (non-hydrogen) atoms. The highest BCUT2D eigenvalue weighted by atomic mass is 16.5. The zero-order chi connectivity index (χ0) is 11.8. The maximum atomic E-state index is 5.59. The lowest BCUT2D eigenvalue weighted by atomic mass is 10.1. The standard InChI is InChI=1S/C14H22O2/c1-4-15-11-5-6-13-7-9-14(10-8-13)16-12(2)3/h7-10,12H,4-6,11H2,1-3H3. The minimum atomic E-state index is 0.240. The molecule has 0 fully saturated rings. The van der Waals surface area contributed by atoms with Gasteiger partial charge in [0.2, 0.25) is 0 Å². The van der Waals surface area contributed by atoms with Gasteiger partial charge in [-0.15, -0.1) is 0 Å². The average Bonchev–Trinajstić information content (AvgIpc) is 2.26. The fourth-order valence-corrected chi connectivity index (χ4v) is 1.53. The first kappa shape index (κ1) is 13.0. The van der Waals surface area contributed by atoms with E-state index in [1.807, 2.05) is 32.9 Å². The Balaban J connectivity index is 2.33. The van der Waals surface area contributed by atoms with Crippen LogP contribution in [0.4, 0.5) is 0 Å². The van der Waals surface area contributed by atoms with E-state index in [9.17, 15) is 0 Å². The summed E-state index contributed by atoms with van der Waals surface area (Å²) in [5, 5.41) is 0. The Morgan fingerprint density at radius 3 is 2.38 bits per heavy atom. The van der Waals surface area contributed by atoms with Crippen molar-refractivity contribution < 1.29 is 9.47 Å². The SMILES string of the molecule is CCOCCCc1ccc(OC(C)C)cc1. The molecule has 1 aromatic carbocycles. The first-order chi connectivity index (χ1) is 7.72. The quantitative estimate of drug-likeness (QED) is 0.658. The van der Waals surface area contributed by atoms with Crippen LogP contribution >= 0.6 is 0 Å². The third kappa shape index (κ3) is 5.17. The summed E-state index contributed by atoms with van der Waals surface area (Å²) in [4.78, 5) is 0. The second kappa shape index (κ2) is 7.29. The highest BCUT2D eigenvalue weighted by molar-refractivity contribution is 5.27. The van der Waals surface area contributed by atoms with Crippen LogP contribution in [0.15, 0.2) is 24.3 Å². The Kier molecular flexibility index (Phi) is 5.94. The normalized spacial score (nSPS) is 10.8. The molecule has 0 N–H and O–H groups in total. The Bertz CT molecular complexity index is 277. The van der Waals surface area contributed by atoms with Gasteiger partial charge in [-0.3, -0.25) is 0 Å². The monoisotopic (exact) mass is 222 g/mol. The largest absolute Gasteiger partial charge is 0.491 e. The number of benzene rings is 1. The van der Waals surface area contributed by atoms with Crippen LogP contribution in [0.1, 0.15) is 32.8 Å². The van der Waals surface area contributed by atoms with Gasteiger partial charge in [-0.05, 0) is 51.3 Å². The van der Waals surface area contributed by atoms with E-state index in [1.165, 1.54) is 5.56 Å². The van der Waals surface area contributed by atoms with Gasteiger partial charge in [0.05, 0.1) is 6.10 Å². The van der Waals surface area contributed by atoms with E-state index < -0.39 is 0 Å². The summed E-state index contributed by atoms with van der Waals surface area (Å²) < 4.78 is 10.9. The van der Waals surface area contributed by atoms with Gasteiger partial charge in [0.15, 0.2) is 0 Å². The number of hydrogen-bond donors (Lipinski definition) is 0.